The molecule has 6 heteroatoms. The van der Waals surface area contributed by atoms with Crippen molar-refractivity contribution in [2.45, 2.75) is 90.3 Å². The van der Waals surface area contributed by atoms with E-state index in [4.69, 9.17) is 16.3 Å². The number of Topliss-reactive ketones (excluding diaryl/α,β-unsaturated/α-hetero) is 1. The number of aliphatic hydroxyl groups is 1. The summed E-state index contributed by atoms with van der Waals surface area (Å²) in [5, 5.41) is 11.5. The maximum atomic E-state index is 13.2. The van der Waals surface area contributed by atoms with Crippen LogP contribution in [-0.2, 0) is 19.1 Å². The molecular weight excluding hydrogens is 416 g/mol. The lowest BCUT2D eigenvalue weighted by Crippen LogP contribution is -2.63. The van der Waals surface area contributed by atoms with Gasteiger partial charge in [0.15, 0.2) is 17.2 Å². The van der Waals surface area contributed by atoms with Gasteiger partial charge in [-0.05, 0) is 74.2 Å². The maximum absolute atomic E-state index is 13.2. The quantitative estimate of drug-likeness (QED) is 0.496. The molecule has 7 atom stereocenters. The van der Waals surface area contributed by atoms with Crippen molar-refractivity contribution in [3.63, 3.8) is 0 Å². The molecule has 0 radical (unpaired) electrons. The number of fused-ring (bicyclic) bond motifs is 5. The Bertz CT molecular complexity index is 821. The van der Waals surface area contributed by atoms with Crippen LogP contribution >= 0.6 is 11.6 Å². The average Bonchev–Trinajstić information content (AvgIpc) is 3.00. The molecule has 0 amide bonds. The molecular formula is C25H35ClO5. The second-order valence-electron chi connectivity index (χ2n) is 10.7. The second-order valence-corrected chi connectivity index (χ2v) is 11.0. The van der Waals surface area contributed by atoms with E-state index in [1.165, 1.54) is 5.57 Å². The molecule has 4 rings (SSSR count). The molecule has 3 saturated carbocycles. The smallest absolute Gasteiger partial charge is 0.306 e. The first kappa shape index (κ1) is 23.0. The molecule has 5 nitrogen and oxygen atoms in total. The van der Waals surface area contributed by atoms with Gasteiger partial charge in [0, 0.05) is 18.3 Å². The lowest BCUT2D eigenvalue weighted by molar-refractivity contribution is -0.200. The number of hydrogen-bond donors (Lipinski definition) is 1. The van der Waals surface area contributed by atoms with E-state index in [-0.39, 0.29) is 53.0 Å². The number of hydrogen-bond acceptors (Lipinski definition) is 5. The average molecular weight is 451 g/mol. The van der Waals surface area contributed by atoms with Crippen LogP contribution in [0.2, 0.25) is 0 Å². The van der Waals surface area contributed by atoms with E-state index in [1.54, 1.807) is 0 Å². The number of ether oxygens (including phenoxy) is 1. The zero-order valence-electron chi connectivity index (χ0n) is 18.9. The topological polar surface area (TPSA) is 80.7 Å². The molecule has 0 aromatic rings. The van der Waals surface area contributed by atoms with Gasteiger partial charge in [0.25, 0.3) is 0 Å². The number of halogens is 1. The summed E-state index contributed by atoms with van der Waals surface area (Å²) in [5.74, 6) is -0.120. The van der Waals surface area contributed by atoms with E-state index in [1.807, 2.05) is 19.9 Å². The standard InChI is InChI=1S/C25H35ClO5/c1-4-5-21(30)31-25(20(29)14-26)11-9-18-17-7-6-15-12-16(27)8-10-23(15,2)22(17)19(28)13-24(18,25)3/h12,17-19,22,28H,4-11,13-14H2,1-3H3/t17-,18-,19-,22+,23-,24-,25+/m0/s1. The normalized spacial score (nSPS) is 44.0. The first-order valence-corrected chi connectivity index (χ1v) is 12.4. The summed E-state index contributed by atoms with van der Waals surface area (Å²) in [6.07, 6.45) is 6.87. The molecule has 4 aliphatic rings. The number of alkyl halides is 1. The minimum Gasteiger partial charge on any atom is -0.450 e. The van der Waals surface area contributed by atoms with Crippen LogP contribution in [0, 0.1) is 28.6 Å². The number of rotatable bonds is 5. The van der Waals surface area contributed by atoms with Crippen molar-refractivity contribution in [2.75, 3.05) is 5.88 Å². The van der Waals surface area contributed by atoms with E-state index < -0.39 is 17.1 Å². The van der Waals surface area contributed by atoms with Gasteiger partial charge in [-0.15, -0.1) is 11.6 Å². The highest BCUT2D eigenvalue weighted by molar-refractivity contribution is 6.29. The Morgan fingerprint density at radius 2 is 1.97 bits per heavy atom. The third-order valence-electron chi connectivity index (χ3n) is 9.33. The summed E-state index contributed by atoms with van der Waals surface area (Å²) in [6.45, 7) is 6.15. The molecule has 0 bridgehead atoms. The monoisotopic (exact) mass is 450 g/mol. The van der Waals surface area contributed by atoms with Crippen molar-refractivity contribution in [1.29, 1.82) is 0 Å². The summed E-state index contributed by atoms with van der Waals surface area (Å²) in [5.41, 5.74) is -0.886. The molecule has 0 aliphatic heterocycles. The number of ketones is 2. The Labute approximate surface area is 189 Å². The summed E-state index contributed by atoms with van der Waals surface area (Å²) < 4.78 is 6.00. The Hall–Kier alpha value is -1.20. The lowest BCUT2D eigenvalue weighted by atomic mass is 9.45. The molecule has 0 saturated heterocycles. The van der Waals surface area contributed by atoms with Crippen LogP contribution in [0.15, 0.2) is 11.6 Å². The first-order chi connectivity index (χ1) is 14.6. The molecule has 0 unspecified atom stereocenters. The van der Waals surface area contributed by atoms with Gasteiger partial charge in [-0.25, -0.2) is 0 Å². The van der Waals surface area contributed by atoms with Gasteiger partial charge in [-0.1, -0.05) is 26.3 Å². The predicted octanol–water partition coefficient (Wildman–Crippen LogP) is 4.38. The Kier molecular flexibility index (Phi) is 5.92. The molecule has 1 N–H and O–H groups in total. The van der Waals surface area contributed by atoms with Crippen LogP contribution in [0.25, 0.3) is 0 Å². The fourth-order valence-corrected chi connectivity index (χ4v) is 8.13. The van der Waals surface area contributed by atoms with Crippen molar-refractivity contribution in [3.8, 4) is 0 Å². The number of aliphatic hydroxyl groups excluding tert-OH is 1. The largest absolute Gasteiger partial charge is 0.450 e. The summed E-state index contributed by atoms with van der Waals surface area (Å²) in [4.78, 5) is 37.8. The number of allylic oxidation sites excluding steroid dienone is 1. The Morgan fingerprint density at radius 1 is 1.23 bits per heavy atom. The summed E-state index contributed by atoms with van der Waals surface area (Å²) in [6, 6.07) is 0. The third-order valence-corrected chi connectivity index (χ3v) is 9.57. The van der Waals surface area contributed by atoms with Crippen LogP contribution in [0.3, 0.4) is 0 Å². The van der Waals surface area contributed by atoms with Gasteiger partial charge in [0.2, 0.25) is 0 Å². The number of esters is 1. The Morgan fingerprint density at radius 3 is 2.65 bits per heavy atom. The van der Waals surface area contributed by atoms with E-state index >= 15 is 0 Å². The van der Waals surface area contributed by atoms with Crippen LogP contribution in [0.4, 0.5) is 0 Å². The maximum Gasteiger partial charge on any atom is 0.306 e. The van der Waals surface area contributed by atoms with E-state index in [9.17, 15) is 19.5 Å². The fraction of sp³-hybridized carbons (Fsp3) is 0.800. The molecule has 0 spiro atoms. The minimum absolute atomic E-state index is 0.0620. The molecule has 0 heterocycles. The van der Waals surface area contributed by atoms with Crippen LogP contribution in [-0.4, -0.2) is 40.2 Å². The molecule has 31 heavy (non-hydrogen) atoms. The highest BCUT2D eigenvalue weighted by Gasteiger charge is 2.70. The van der Waals surface area contributed by atoms with E-state index in [2.05, 4.69) is 6.92 Å². The lowest BCUT2D eigenvalue weighted by Gasteiger charge is -2.60. The van der Waals surface area contributed by atoms with Crippen molar-refractivity contribution in [3.05, 3.63) is 11.6 Å². The van der Waals surface area contributed by atoms with Crippen LogP contribution < -0.4 is 0 Å². The van der Waals surface area contributed by atoms with E-state index in [0.29, 0.717) is 25.7 Å². The number of carbonyl (C=O) groups excluding carboxylic acids is 3. The van der Waals surface area contributed by atoms with Gasteiger partial charge < -0.3 is 9.84 Å². The SMILES string of the molecule is CCCC(=O)O[C@@]1(C(=O)CCl)CC[C@H]2[C@@H]3CCC4=CC(=O)CC[C@]4(C)[C@H]3[C@@H](O)C[C@@]21C. The predicted molar refractivity (Wildman–Crippen MR) is 118 cm³/mol. The second kappa shape index (κ2) is 7.98. The fourth-order valence-electron chi connectivity index (χ4n) is 7.92. The van der Waals surface area contributed by atoms with Crippen molar-refractivity contribution < 1.29 is 24.2 Å². The molecule has 0 aromatic carbocycles. The highest BCUT2D eigenvalue weighted by atomic mass is 35.5. The number of carbonyl (C=O) groups is 3. The van der Waals surface area contributed by atoms with Gasteiger partial charge in [-0.3, -0.25) is 14.4 Å². The summed E-state index contributed by atoms with van der Waals surface area (Å²) in [7, 11) is 0. The van der Waals surface area contributed by atoms with Crippen molar-refractivity contribution >= 4 is 29.1 Å². The molecule has 172 valence electrons. The van der Waals surface area contributed by atoms with Crippen molar-refractivity contribution in [1.82, 2.24) is 0 Å². The van der Waals surface area contributed by atoms with Gasteiger partial charge in [-0.2, -0.15) is 0 Å². The van der Waals surface area contributed by atoms with Gasteiger partial charge in [0.1, 0.15) is 0 Å². The van der Waals surface area contributed by atoms with E-state index in [0.717, 1.165) is 25.7 Å². The van der Waals surface area contributed by atoms with Crippen LogP contribution in [0.1, 0.15) is 78.6 Å². The van der Waals surface area contributed by atoms with Crippen molar-refractivity contribution in [2.24, 2.45) is 28.6 Å². The van der Waals surface area contributed by atoms with Gasteiger partial charge in [0.05, 0.1) is 12.0 Å². The minimum atomic E-state index is -1.25. The first-order valence-electron chi connectivity index (χ1n) is 11.9. The Balaban J connectivity index is 1.73. The van der Waals surface area contributed by atoms with Crippen LogP contribution in [0.5, 0.6) is 0 Å². The molecule has 4 aliphatic carbocycles. The zero-order chi connectivity index (χ0) is 22.6. The van der Waals surface area contributed by atoms with Gasteiger partial charge >= 0.3 is 5.97 Å². The zero-order valence-corrected chi connectivity index (χ0v) is 19.7. The highest BCUT2D eigenvalue weighted by Crippen LogP contribution is 2.68. The molecule has 0 aromatic heterocycles. The third kappa shape index (κ3) is 3.25. The summed E-state index contributed by atoms with van der Waals surface area (Å²) >= 11 is 6.03. The molecule has 3 fully saturated rings.